The second-order valence-electron chi connectivity index (χ2n) is 4.87. The summed E-state index contributed by atoms with van der Waals surface area (Å²) in [7, 11) is 1.79. The fourth-order valence-corrected chi connectivity index (χ4v) is 2.13. The van der Waals surface area contributed by atoms with E-state index < -0.39 is 18.0 Å². The third-order valence-corrected chi connectivity index (χ3v) is 3.24. The minimum atomic E-state index is -1.08. The van der Waals surface area contributed by atoms with Crippen LogP contribution in [0.4, 0.5) is 0 Å². The summed E-state index contributed by atoms with van der Waals surface area (Å²) in [5, 5.41) is 27.3. The van der Waals surface area contributed by atoms with E-state index in [0.29, 0.717) is 0 Å². The zero-order chi connectivity index (χ0) is 16.0. The summed E-state index contributed by atoms with van der Waals surface area (Å²) in [6.45, 7) is 0. The van der Waals surface area contributed by atoms with Crippen LogP contribution >= 0.6 is 0 Å². The van der Waals surface area contributed by atoms with Crippen molar-refractivity contribution >= 4 is 11.9 Å². The van der Waals surface area contributed by atoms with E-state index in [1.807, 2.05) is 24.3 Å². The number of aliphatic carboxylic acids is 2. The smallest absolute Gasteiger partial charge is 0.303 e. The maximum Gasteiger partial charge on any atom is 0.303 e. The van der Waals surface area contributed by atoms with Crippen molar-refractivity contribution in [1.82, 2.24) is 5.01 Å². The van der Waals surface area contributed by atoms with Gasteiger partial charge in [0.2, 0.25) is 0 Å². The zero-order valence-corrected chi connectivity index (χ0v) is 11.8. The fraction of sp³-hybridized carbons (Fsp3) is 0.429. The molecule has 0 aromatic heterocycles. The number of fused-ring (bicyclic) bond motifs is 1. The average Bonchev–Trinajstić information content (AvgIpc) is 2.75. The lowest BCUT2D eigenvalue weighted by Gasteiger charge is -2.21. The van der Waals surface area contributed by atoms with Crippen LogP contribution in [0.25, 0.3) is 0 Å². The van der Waals surface area contributed by atoms with Crippen molar-refractivity contribution in [2.45, 2.75) is 31.4 Å². The molecule has 0 unspecified atom stereocenters. The van der Waals surface area contributed by atoms with Gasteiger partial charge in [0.25, 0.3) is 0 Å². The van der Waals surface area contributed by atoms with Gasteiger partial charge in [-0.3, -0.25) is 15.4 Å². The number of hydrazine groups is 1. The molecule has 0 fully saturated rings. The molecule has 0 spiro atoms. The first kappa shape index (κ1) is 17.1. The van der Waals surface area contributed by atoms with E-state index in [4.69, 9.17) is 16.1 Å². The largest absolute Gasteiger partial charge is 0.481 e. The first-order valence-electron chi connectivity index (χ1n) is 6.50. The van der Waals surface area contributed by atoms with Gasteiger partial charge in [-0.15, -0.1) is 0 Å². The molecule has 0 bridgehead atoms. The van der Waals surface area contributed by atoms with Gasteiger partial charge in [0.1, 0.15) is 0 Å². The molecule has 1 aliphatic rings. The van der Waals surface area contributed by atoms with Gasteiger partial charge in [-0.2, -0.15) is 0 Å². The molecule has 0 saturated carbocycles. The number of carboxylic acids is 2. The number of aliphatic hydroxyl groups excluding tert-OH is 1. The number of carboxylic acid groups (broad SMARTS) is 2. The van der Waals surface area contributed by atoms with Crippen LogP contribution in [0.3, 0.4) is 0 Å². The SMILES string of the molecule is CN(N)[C@@H]1Cc2ccccc2[C@H]1O.O=C(O)CCC(=O)O. The molecule has 2 rings (SSSR count). The number of rotatable bonds is 4. The predicted molar refractivity (Wildman–Crippen MR) is 75.3 cm³/mol. The van der Waals surface area contributed by atoms with E-state index in [-0.39, 0.29) is 18.9 Å². The van der Waals surface area contributed by atoms with E-state index in [2.05, 4.69) is 0 Å². The summed E-state index contributed by atoms with van der Waals surface area (Å²) < 4.78 is 0. The van der Waals surface area contributed by atoms with Crippen molar-refractivity contribution in [1.29, 1.82) is 0 Å². The number of likely N-dealkylation sites (N-methyl/N-ethyl adjacent to an activating group) is 1. The second kappa shape index (κ2) is 7.72. The molecule has 2 atom stereocenters. The van der Waals surface area contributed by atoms with E-state index in [1.54, 1.807) is 12.1 Å². The number of hydrogen-bond donors (Lipinski definition) is 4. The normalized spacial score (nSPS) is 19.6. The Morgan fingerprint density at radius 3 is 2.19 bits per heavy atom. The Morgan fingerprint density at radius 1 is 1.24 bits per heavy atom. The Hall–Kier alpha value is -1.96. The number of carbonyl (C=O) groups is 2. The Labute approximate surface area is 122 Å². The van der Waals surface area contributed by atoms with Gasteiger partial charge >= 0.3 is 11.9 Å². The maximum absolute atomic E-state index is 9.89. The Balaban J connectivity index is 0.000000240. The van der Waals surface area contributed by atoms with Crippen LogP contribution in [0.15, 0.2) is 24.3 Å². The topological polar surface area (TPSA) is 124 Å². The fourth-order valence-electron chi connectivity index (χ4n) is 2.13. The minimum Gasteiger partial charge on any atom is -0.481 e. The summed E-state index contributed by atoms with van der Waals surface area (Å²) in [4.78, 5) is 19.3. The van der Waals surface area contributed by atoms with Gasteiger partial charge in [0, 0.05) is 7.05 Å². The van der Waals surface area contributed by atoms with E-state index in [0.717, 1.165) is 12.0 Å². The van der Waals surface area contributed by atoms with E-state index in [1.165, 1.54) is 5.56 Å². The molecule has 7 nitrogen and oxygen atoms in total. The average molecular weight is 296 g/mol. The maximum atomic E-state index is 9.89. The molecule has 0 aliphatic heterocycles. The van der Waals surface area contributed by atoms with E-state index >= 15 is 0 Å². The van der Waals surface area contributed by atoms with Crippen molar-refractivity contribution < 1.29 is 24.9 Å². The third-order valence-electron chi connectivity index (χ3n) is 3.24. The quantitative estimate of drug-likeness (QED) is 0.468. The van der Waals surface area contributed by atoms with Crippen LogP contribution in [0.1, 0.15) is 30.1 Å². The van der Waals surface area contributed by atoms with Crippen molar-refractivity contribution in [3.8, 4) is 0 Å². The van der Waals surface area contributed by atoms with Gasteiger partial charge in [-0.05, 0) is 17.5 Å². The molecule has 21 heavy (non-hydrogen) atoms. The third kappa shape index (κ3) is 5.14. The highest BCUT2D eigenvalue weighted by atomic mass is 16.4. The number of nitrogens with two attached hydrogens (primary N) is 1. The Morgan fingerprint density at radius 2 is 1.76 bits per heavy atom. The van der Waals surface area contributed by atoms with Crippen molar-refractivity contribution in [3.05, 3.63) is 35.4 Å². The lowest BCUT2D eigenvalue weighted by Crippen LogP contribution is -2.40. The molecule has 116 valence electrons. The van der Waals surface area contributed by atoms with Gasteiger partial charge in [0.15, 0.2) is 0 Å². The van der Waals surface area contributed by atoms with Crippen LogP contribution in [0, 0.1) is 0 Å². The van der Waals surface area contributed by atoms with Crippen LogP contribution in [0.5, 0.6) is 0 Å². The summed E-state index contributed by atoms with van der Waals surface area (Å²) in [6.07, 6.45) is -0.194. The summed E-state index contributed by atoms with van der Waals surface area (Å²) in [5.74, 6) is 3.49. The van der Waals surface area contributed by atoms with Crippen molar-refractivity contribution in [3.63, 3.8) is 0 Å². The summed E-state index contributed by atoms with van der Waals surface area (Å²) in [6, 6.07) is 7.97. The zero-order valence-electron chi connectivity index (χ0n) is 11.8. The molecule has 0 amide bonds. The lowest BCUT2D eigenvalue weighted by molar-refractivity contribution is -0.143. The van der Waals surface area contributed by atoms with Crippen LogP contribution < -0.4 is 5.84 Å². The number of nitrogens with zero attached hydrogens (tertiary/aromatic N) is 1. The molecule has 0 saturated heterocycles. The molecule has 0 radical (unpaired) electrons. The monoisotopic (exact) mass is 296 g/mol. The standard InChI is InChI=1S/C10H14N2O.C4H6O4/c1-12(11)9-6-7-4-2-3-5-8(7)10(9)13;5-3(6)1-2-4(7)8/h2-5,9-10,13H,6,11H2,1H3;1-2H2,(H,5,6)(H,7,8)/t9-,10-;/m1./s1. The number of benzene rings is 1. The first-order valence-corrected chi connectivity index (χ1v) is 6.50. The minimum absolute atomic E-state index is 0.0254. The Kier molecular flexibility index (Phi) is 6.29. The van der Waals surface area contributed by atoms with Crippen LogP contribution in [0.2, 0.25) is 0 Å². The lowest BCUT2D eigenvalue weighted by atomic mass is 10.1. The van der Waals surface area contributed by atoms with Crippen molar-refractivity contribution in [2.24, 2.45) is 5.84 Å². The molecular weight excluding hydrogens is 276 g/mol. The molecule has 0 heterocycles. The highest BCUT2D eigenvalue weighted by molar-refractivity contribution is 5.75. The number of hydrogen-bond acceptors (Lipinski definition) is 5. The highest BCUT2D eigenvalue weighted by Gasteiger charge is 2.32. The van der Waals surface area contributed by atoms with Crippen molar-refractivity contribution in [2.75, 3.05) is 7.05 Å². The molecule has 1 aromatic rings. The molecule has 1 aliphatic carbocycles. The molecule has 7 heteroatoms. The highest BCUT2D eigenvalue weighted by Crippen LogP contribution is 2.32. The second-order valence-corrected chi connectivity index (χ2v) is 4.87. The number of aliphatic hydroxyl groups is 1. The van der Waals surface area contributed by atoms with Gasteiger partial charge in [0.05, 0.1) is 25.0 Å². The molecule has 1 aromatic carbocycles. The van der Waals surface area contributed by atoms with Gasteiger partial charge in [-0.1, -0.05) is 24.3 Å². The van der Waals surface area contributed by atoms with Gasteiger partial charge < -0.3 is 15.3 Å². The predicted octanol–water partition coefficient (Wildman–Crippen LogP) is 0.386. The van der Waals surface area contributed by atoms with E-state index in [9.17, 15) is 14.7 Å². The molecule has 5 N–H and O–H groups in total. The van der Waals surface area contributed by atoms with Crippen LogP contribution in [-0.4, -0.2) is 45.4 Å². The van der Waals surface area contributed by atoms with Gasteiger partial charge in [-0.25, -0.2) is 5.01 Å². The summed E-state index contributed by atoms with van der Waals surface area (Å²) in [5.41, 5.74) is 2.22. The first-order chi connectivity index (χ1) is 9.82. The Bertz CT molecular complexity index is 490. The van der Waals surface area contributed by atoms with Crippen LogP contribution in [-0.2, 0) is 16.0 Å². The summed E-state index contributed by atoms with van der Waals surface area (Å²) >= 11 is 0. The molecular formula is C14H20N2O5.